The van der Waals surface area contributed by atoms with Crippen LogP contribution in [0.2, 0.25) is 5.02 Å². The number of anilines is 2. The number of rotatable bonds is 5. The quantitative estimate of drug-likeness (QED) is 0.722. The van der Waals surface area contributed by atoms with Gasteiger partial charge < -0.3 is 10.2 Å². The van der Waals surface area contributed by atoms with Gasteiger partial charge in [-0.15, -0.1) is 0 Å². The van der Waals surface area contributed by atoms with Crippen LogP contribution in [0.5, 0.6) is 0 Å². The number of hydrogen-bond acceptors (Lipinski definition) is 5. The number of nitrogens with one attached hydrogen (secondary N) is 1. The minimum Gasteiger partial charge on any atom is -0.370 e. The molecule has 1 aliphatic heterocycles. The number of benzene rings is 2. The third-order valence-electron chi connectivity index (χ3n) is 4.91. The standard InChI is InChI=1S/C21H24ClN5/c1-2-23-20-18-5-3-4-6-19(18)24-21(25-20)27-13-11-26(12-14-27)15-16-7-9-17(22)10-8-16/h3-10H,2,11-15H2,1H3,(H,23,24,25). The number of piperazine rings is 1. The van der Waals surface area contributed by atoms with Gasteiger partial charge in [0.05, 0.1) is 5.52 Å². The molecule has 0 unspecified atom stereocenters. The second-order valence-corrected chi connectivity index (χ2v) is 7.25. The molecule has 0 aliphatic carbocycles. The van der Waals surface area contributed by atoms with Crippen LogP contribution in [0.15, 0.2) is 48.5 Å². The average molecular weight is 382 g/mol. The van der Waals surface area contributed by atoms with Crippen LogP contribution in [0, 0.1) is 0 Å². The number of halogens is 1. The largest absolute Gasteiger partial charge is 0.370 e. The maximum absolute atomic E-state index is 5.98. The molecule has 1 aliphatic rings. The molecule has 1 N–H and O–H groups in total. The Labute approximate surface area is 165 Å². The lowest BCUT2D eigenvalue weighted by Crippen LogP contribution is -2.46. The molecular formula is C21H24ClN5. The first-order valence-corrected chi connectivity index (χ1v) is 9.83. The maximum atomic E-state index is 5.98. The normalized spacial score (nSPS) is 15.3. The van der Waals surface area contributed by atoms with Crippen molar-refractivity contribution in [3.05, 3.63) is 59.1 Å². The van der Waals surface area contributed by atoms with Crippen LogP contribution in [0.1, 0.15) is 12.5 Å². The Hall–Kier alpha value is -2.37. The lowest BCUT2D eigenvalue weighted by molar-refractivity contribution is 0.249. The Morgan fingerprint density at radius 3 is 2.44 bits per heavy atom. The molecule has 4 rings (SSSR count). The second kappa shape index (κ2) is 8.11. The predicted molar refractivity (Wildman–Crippen MR) is 113 cm³/mol. The summed E-state index contributed by atoms with van der Waals surface area (Å²) < 4.78 is 0. The molecule has 0 amide bonds. The highest BCUT2D eigenvalue weighted by Gasteiger charge is 2.20. The van der Waals surface area contributed by atoms with Crippen LogP contribution in [0.3, 0.4) is 0 Å². The van der Waals surface area contributed by atoms with Gasteiger partial charge in [-0.3, -0.25) is 4.90 Å². The molecular weight excluding hydrogens is 358 g/mol. The molecule has 1 aromatic heterocycles. The van der Waals surface area contributed by atoms with Gasteiger partial charge in [-0.25, -0.2) is 4.98 Å². The number of fused-ring (bicyclic) bond motifs is 1. The summed E-state index contributed by atoms with van der Waals surface area (Å²) in [5.41, 5.74) is 2.28. The zero-order valence-electron chi connectivity index (χ0n) is 15.5. The third-order valence-corrected chi connectivity index (χ3v) is 5.16. The molecule has 2 aromatic carbocycles. The van der Waals surface area contributed by atoms with E-state index in [2.05, 4.69) is 46.3 Å². The number of nitrogens with zero attached hydrogens (tertiary/aromatic N) is 4. The van der Waals surface area contributed by atoms with Crippen LogP contribution < -0.4 is 10.2 Å². The van der Waals surface area contributed by atoms with Crippen molar-refractivity contribution in [3.8, 4) is 0 Å². The van der Waals surface area contributed by atoms with E-state index >= 15 is 0 Å². The Bertz CT molecular complexity index is 904. The minimum absolute atomic E-state index is 0.786. The van der Waals surface area contributed by atoms with Crippen LogP contribution in [0.4, 0.5) is 11.8 Å². The molecule has 3 aromatic rings. The van der Waals surface area contributed by atoms with E-state index in [1.165, 1.54) is 5.56 Å². The SMILES string of the molecule is CCNc1nc(N2CCN(Cc3ccc(Cl)cc3)CC2)nc2ccccc12. The molecule has 2 heterocycles. The van der Waals surface area contributed by atoms with Crippen LogP contribution in [-0.4, -0.2) is 47.6 Å². The topological polar surface area (TPSA) is 44.3 Å². The minimum atomic E-state index is 0.786. The van der Waals surface area contributed by atoms with E-state index in [9.17, 15) is 0 Å². The summed E-state index contributed by atoms with van der Waals surface area (Å²) in [7, 11) is 0. The lowest BCUT2D eigenvalue weighted by atomic mass is 10.2. The smallest absolute Gasteiger partial charge is 0.227 e. The summed E-state index contributed by atoms with van der Waals surface area (Å²) in [6.07, 6.45) is 0. The summed E-state index contributed by atoms with van der Waals surface area (Å²) >= 11 is 5.98. The van der Waals surface area contributed by atoms with E-state index in [1.54, 1.807) is 0 Å². The zero-order chi connectivity index (χ0) is 18.6. The maximum Gasteiger partial charge on any atom is 0.227 e. The summed E-state index contributed by atoms with van der Waals surface area (Å²) in [4.78, 5) is 14.4. The van der Waals surface area contributed by atoms with Gasteiger partial charge in [0.1, 0.15) is 5.82 Å². The molecule has 0 spiro atoms. The first-order valence-electron chi connectivity index (χ1n) is 9.45. The fourth-order valence-electron chi connectivity index (χ4n) is 3.46. The number of para-hydroxylation sites is 1. The Morgan fingerprint density at radius 2 is 1.70 bits per heavy atom. The highest BCUT2D eigenvalue weighted by Crippen LogP contribution is 2.24. The van der Waals surface area contributed by atoms with E-state index in [1.807, 2.05) is 24.3 Å². The van der Waals surface area contributed by atoms with Gasteiger partial charge in [0.15, 0.2) is 0 Å². The summed E-state index contributed by atoms with van der Waals surface area (Å²) in [6, 6.07) is 16.3. The van der Waals surface area contributed by atoms with Gasteiger partial charge in [-0.05, 0) is 36.8 Å². The fourth-order valence-corrected chi connectivity index (χ4v) is 3.59. The van der Waals surface area contributed by atoms with E-state index in [0.717, 1.165) is 67.0 Å². The molecule has 0 radical (unpaired) electrons. The molecule has 0 bridgehead atoms. The lowest BCUT2D eigenvalue weighted by Gasteiger charge is -2.35. The second-order valence-electron chi connectivity index (χ2n) is 6.81. The molecule has 6 heteroatoms. The van der Waals surface area contributed by atoms with E-state index in [-0.39, 0.29) is 0 Å². The van der Waals surface area contributed by atoms with Gasteiger partial charge in [-0.1, -0.05) is 35.9 Å². The van der Waals surface area contributed by atoms with Crippen LogP contribution in [0.25, 0.3) is 10.9 Å². The Morgan fingerprint density at radius 1 is 0.963 bits per heavy atom. The van der Waals surface area contributed by atoms with Crippen molar-refractivity contribution in [2.45, 2.75) is 13.5 Å². The number of hydrogen-bond donors (Lipinski definition) is 1. The third kappa shape index (κ3) is 4.15. The van der Waals surface area contributed by atoms with E-state index in [4.69, 9.17) is 21.6 Å². The van der Waals surface area contributed by atoms with Crippen LogP contribution in [-0.2, 0) is 6.54 Å². The molecule has 0 atom stereocenters. The van der Waals surface area contributed by atoms with Gasteiger partial charge in [0, 0.05) is 49.7 Å². The van der Waals surface area contributed by atoms with Crippen molar-refractivity contribution in [2.24, 2.45) is 0 Å². The van der Waals surface area contributed by atoms with Crippen molar-refractivity contribution < 1.29 is 0 Å². The molecule has 1 fully saturated rings. The summed E-state index contributed by atoms with van der Waals surface area (Å²) in [6.45, 7) is 7.73. The molecule has 27 heavy (non-hydrogen) atoms. The van der Waals surface area contributed by atoms with Crippen molar-refractivity contribution in [1.29, 1.82) is 0 Å². The molecule has 140 valence electrons. The van der Waals surface area contributed by atoms with Crippen molar-refractivity contribution >= 4 is 34.3 Å². The predicted octanol–water partition coefficient (Wildman–Crippen LogP) is 4.04. The summed E-state index contributed by atoms with van der Waals surface area (Å²) in [5.74, 6) is 1.73. The molecule has 5 nitrogen and oxygen atoms in total. The average Bonchev–Trinajstić information content (AvgIpc) is 2.70. The van der Waals surface area contributed by atoms with Crippen molar-refractivity contribution in [1.82, 2.24) is 14.9 Å². The zero-order valence-corrected chi connectivity index (χ0v) is 16.3. The van der Waals surface area contributed by atoms with Crippen molar-refractivity contribution in [2.75, 3.05) is 42.9 Å². The van der Waals surface area contributed by atoms with Crippen LogP contribution >= 0.6 is 11.6 Å². The Kier molecular flexibility index (Phi) is 5.41. The van der Waals surface area contributed by atoms with Gasteiger partial charge in [0.25, 0.3) is 0 Å². The first-order chi connectivity index (χ1) is 13.2. The summed E-state index contributed by atoms with van der Waals surface area (Å²) in [5, 5.41) is 5.24. The molecule has 0 saturated carbocycles. The number of aromatic nitrogens is 2. The first kappa shape index (κ1) is 18.0. The fraction of sp³-hybridized carbons (Fsp3) is 0.333. The van der Waals surface area contributed by atoms with Gasteiger partial charge in [0.2, 0.25) is 5.95 Å². The monoisotopic (exact) mass is 381 g/mol. The van der Waals surface area contributed by atoms with Crippen molar-refractivity contribution in [3.63, 3.8) is 0 Å². The van der Waals surface area contributed by atoms with Gasteiger partial charge in [-0.2, -0.15) is 4.98 Å². The van der Waals surface area contributed by atoms with Gasteiger partial charge >= 0.3 is 0 Å². The van der Waals surface area contributed by atoms with E-state index in [0.29, 0.717) is 0 Å². The van der Waals surface area contributed by atoms with E-state index < -0.39 is 0 Å². The highest BCUT2D eigenvalue weighted by molar-refractivity contribution is 6.30. The highest BCUT2D eigenvalue weighted by atomic mass is 35.5. The Balaban J connectivity index is 1.46. The molecule has 1 saturated heterocycles.